The molecule has 3 heteroatoms. The van der Waals surface area contributed by atoms with Crippen molar-refractivity contribution in [3.8, 4) is 0 Å². The van der Waals surface area contributed by atoms with Gasteiger partial charge in [0.2, 0.25) is 5.91 Å². The Labute approximate surface area is 83.5 Å². The van der Waals surface area contributed by atoms with E-state index in [0.717, 1.165) is 24.3 Å². The van der Waals surface area contributed by atoms with Gasteiger partial charge in [-0.05, 0) is 31.0 Å². The van der Waals surface area contributed by atoms with E-state index < -0.39 is 0 Å². The highest BCUT2D eigenvalue weighted by Gasteiger charge is 2.21. The van der Waals surface area contributed by atoms with Crippen LogP contribution in [0.4, 0.5) is 5.69 Å². The molecule has 0 atom stereocenters. The second-order valence-electron chi connectivity index (χ2n) is 3.80. The molecule has 0 radical (unpaired) electrons. The Morgan fingerprint density at radius 2 is 1.93 bits per heavy atom. The zero-order chi connectivity index (χ0) is 10.3. The molecule has 2 rings (SSSR count). The standard InChI is InChI=1S/C11H14N2O/c1-7-5-8(2)10(13-3-4-13)6-9(7)11(12)14/h5-6H,3-4H2,1-2H3,(H2,12,14). The van der Waals surface area contributed by atoms with Crippen LogP contribution in [0, 0.1) is 13.8 Å². The molecule has 0 bridgehead atoms. The van der Waals surface area contributed by atoms with E-state index in [1.807, 2.05) is 19.1 Å². The quantitative estimate of drug-likeness (QED) is 0.713. The fourth-order valence-electron chi connectivity index (χ4n) is 1.74. The van der Waals surface area contributed by atoms with Crippen LogP contribution < -0.4 is 10.6 Å². The van der Waals surface area contributed by atoms with Crippen molar-refractivity contribution in [1.82, 2.24) is 0 Å². The van der Waals surface area contributed by atoms with E-state index in [0.29, 0.717) is 5.56 Å². The third-order valence-electron chi connectivity index (χ3n) is 2.60. The van der Waals surface area contributed by atoms with Gasteiger partial charge in [-0.3, -0.25) is 4.79 Å². The maximum Gasteiger partial charge on any atom is 0.249 e. The summed E-state index contributed by atoms with van der Waals surface area (Å²) in [5.74, 6) is -0.342. The minimum absolute atomic E-state index is 0.342. The number of amides is 1. The number of carbonyl (C=O) groups is 1. The zero-order valence-corrected chi connectivity index (χ0v) is 8.50. The average molecular weight is 190 g/mol. The van der Waals surface area contributed by atoms with E-state index in [9.17, 15) is 4.79 Å². The topological polar surface area (TPSA) is 46.1 Å². The van der Waals surface area contributed by atoms with E-state index in [1.54, 1.807) is 0 Å². The molecule has 1 aromatic carbocycles. The van der Waals surface area contributed by atoms with Crippen LogP contribution in [0.15, 0.2) is 12.1 Å². The summed E-state index contributed by atoms with van der Waals surface area (Å²) in [4.78, 5) is 13.4. The number of primary amides is 1. The molecule has 0 saturated carbocycles. The predicted octanol–water partition coefficient (Wildman–Crippen LogP) is 1.22. The molecule has 1 aliphatic heterocycles. The molecule has 1 saturated heterocycles. The number of nitrogens with zero attached hydrogens (tertiary/aromatic N) is 1. The van der Waals surface area contributed by atoms with E-state index >= 15 is 0 Å². The third kappa shape index (κ3) is 1.45. The van der Waals surface area contributed by atoms with Gasteiger partial charge in [-0.2, -0.15) is 0 Å². The minimum Gasteiger partial charge on any atom is -0.368 e. The maximum absolute atomic E-state index is 11.1. The summed E-state index contributed by atoms with van der Waals surface area (Å²) in [5.41, 5.74) is 9.25. The smallest absolute Gasteiger partial charge is 0.249 e. The fraction of sp³-hybridized carbons (Fsp3) is 0.364. The number of rotatable bonds is 2. The Kier molecular flexibility index (Phi) is 1.95. The Morgan fingerprint density at radius 1 is 1.29 bits per heavy atom. The van der Waals surface area contributed by atoms with Crippen molar-refractivity contribution >= 4 is 11.6 Å². The number of hydrogen-bond donors (Lipinski definition) is 1. The Bertz CT molecular complexity index is 395. The van der Waals surface area contributed by atoms with Crippen LogP contribution in [0.3, 0.4) is 0 Å². The summed E-state index contributed by atoms with van der Waals surface area (Å²) >= 11 is 0. The lowest BCUT2D eigenvalue weighted by atomic mass is 10.0. The predicted molar refractivity (Wildman–Crippen MR) is 56.6 cm³/mol. The second kappa shape index (κ2) is 3.01. The zero-order valence-electron chi connectivity index (χ0n) is 8.50. The average Bonchev–Trinajstić information content (AvgIpc) is 2.86. The van der Waals surface area contributed by atoms with Gasteiger partial charge in [-0.25, -0.2) is 0 Å². The van der Waals surface area contributed by atoms with Gasteiger partial charge in [0.1, 0.15) is 0 Å². The minimum atomic E-state index is -0.342. The van der Waals surface area contributed by atoms with Gasteiger partial charge in [-0.1, -0.05) is 6.07 Å². The van der Waals surface area contributed by atoms with Crippen molar-refractivity contribution in [2.24, 2.45) is 5.73 Å². The van der Waals surface area contributed by atoms with Crippen LogP contribution >= 0.6 is 0 Å². The van der Waals surface area contributed by atoms with Gasteiger partial charge in [0.25, 0.3) is 0 Å². The second-order valence-corrected chi connectivity index (χ2v) is 3.80. The molecular weight excluding hydrogens is 176 g/mol. The van der Waals surface area contributed by atoms with E-state index in [2.05, 4.69) is 11.8 Å². The van der Waals surface area contributed by atoms with Crippen LogP contribution in [0.5, 0.6) is 0 Å². The molecular formula is C11H14N2O. The van der Waals surface area contributed by atoms with Crippen LogP contribution in [0.2, 0.25) is 0 Å². The van der Waals surface area contributed by atoms with E-state index in [-0.39, 0.29) is 5.91 Å². The van der Waals surface area contributed by atoms with Crippen molar-refractivity contribution in [3.63, 3.8) is 0 Å². The Hall–Kier alpha value is -1.51. The highest BCUT2D eigenvalue weighted by molar-refractivity contribution is 5.95. The summed E-state index contributed by atoms with van der Waals surface area (Å²) in [6.07, 6.45) is 0. The van der Waals surface area contributed by atoms with Crippen LogP contribution in [-0.2, 0) is 0 Å². The molecule has 74 valence electrons. The maximum atomic E-state index is 11.1. The number of benzene rings is 1. The molecule has 1 aromatic rings. The normalized spacial score (nSPS) is 14.3. The van der Waals surface area contributed by atoms with Gasteiger partial charge in [-0.15, -0.1) is 0 Å². The van der Waals surface area contributed by atoms with Gasteiger partial charge < -0.3 is 10.6 Å². The molecule has 0 aliphatic carbocycles. The van der Waals surface area contributed by atoms with Gasteiger partial charge >= 0.3 is 0 Å². The molecule has 14 heavy (non-hydrogen) atoms. The Balaban J connectivity index is 2.51. The number of carbonyl (C=O) groups excluding carboxylic acids is 1. The molecule has 1 aliphatic rings. The molecule has 1 fully saturated rings. The van der Waals surface area contributed by atoms with Crippen LogP contribution in [0.25, 0.3) is 0 Å². The molecule has 1 amide bonds. The van der Waals surface area contributed by atoms with Crippen LogP contribution in [0.1, 0.15) is 21.5 Å². The summed E-state index contributed by atoms with van der Waals surface area (Å²) < 4.78 is 0. The van der Waals surface area contributed by atoms with Crippen LogP contribution in [-0.4, -0.2) is 19.0 Å². The number of aryl methyl sites for hydroxylation is 2. The molecule has 0 spiro atoms. The lowest BCUT2D eigenvalue weighted by Gasteiger charge is -2.11. The monoisotopic (exact) mass is 190 g/mol. The number of hydrogen-bond acceptors (Lipinski definition) is 2. The molecule has 2 N–H and O–H groups in total. The largest absolute Gasteiger partial charge is 0.368 e. The first-order valence-corrected chi connectivity index (χ1v) is 4.75. The summed E-state index contributed by atoms with van der Waals surface area (Å²) in [6.45, 7) is 6.15. The first-order chi connectivity index (χ1) is 6.59. The van der Waals surface area contributed by atoms with E-state index in [4.69, 9.17) is 5.73 Å². The molecule has 0 unspecified atom stereocenters. The van der Waals surface area contributed by atoms with Crippen molar-refractivity contribution in [3.05, 3.63) is 28.8 Å². The van der Waals surface area contributed by atoms with E-state index in [1.165, 1.54) is 5.56 Å². The number of nitrogens with two attached hydrogens (primary N) is 1. The van der Waals surface area contributed by atoms with Crippen molar-refractivity contribution in [1.29, 1.82) is 0 Å². The summed E-state index contributed by atoms with van der Waals surface area (Å²) in [5, 5.41) is 0. The van der Waals surface area contributed by atoms with Crippen molar-refractivity contribution in [2.45, 2.75) is 13.8 Å². The first-order valence-electron chi connectivity index (χ1n) is 4.75. The molecule has 1 heterocycles. The number of anilines is 1. The van der Waals surface area contributed by atoms with Crippen molar-refractivity contribution in [2.75, 3.05) is 18.0 Å². The molecule has 3 nitrogen and oxygen atoms in total. The SMILES string of the molecule is Cc1cc(C)c(N2CC2)cc1C(N)=O. The van der Waals surface area contributed by atoms with Crippen molar-refractivity contribution < 1.29 is 4.79 Å². The lowest BCUT2D eigenvalue weighted by molar-refractivity contribution is 0.1000. The summed E-state index contributed by atoms with van der Waals surface area (Å²) in [7, 11) is 0. The summed E-state index contributed by atoms with van der Waals surface area (Å²) in [6, 6.07) is 3.92. The van der Waals surface area contributed by atoms with Gasteiger partial charge in [0.15, 0.2) is 0 Å². The first kappa shape index (κ1) is 9.06. The third-order valence-corrected chi connectivity index (χ3v) is 2.60. The van der Waals surface area contributed by atoms with Gasteiger partial charge in [0.05, 0.1) is 0 Å². The highest BCUT2D eigenvalue weighted by Crippen LogP contribution is 2.28. The Morgan fingerprint density at radius 3 is 2.43 bits per heavy atom. The van der Waals surface area contributed by atoms with Gasteiger partial charge in [0, 0.05) is 24.3 Å². The lowest BCUT2D eigenvalue weighted by Crippen LogP contribution is -2.13. The fourth-order valence-corrected chi connectivity index (χ4v) is 1.74. The highest BCUT2D eigenvalue weighted by atomic mass is 16.1. The molecule has 0 aromatic heterocycles.